The van der Waals surface area contributed by atoms with Gasteiger partial charge in [-0.1, -0.05) is 12.2 Å². The maximum absolute atomic E-state index is 8.93. The Balaban J connectivity index is 0.000000102. The Hall–Kier alpha value is -0.340. The molecule has 2 N–H and O–H groups in total. The van der Waals surface area contributed by atoms with Crippen LogP contribution >= 0.6 is 0 Å². The van der Waals surface area contributed by atoms with Crippen LogP contribution in [0.2, 0.25) is 0 Å². The highest BCUT2D eigenvalue weighted by Crippen LogP contribution is 2.51. The molecule has 0 aliphatic heterocycles. The van der Waals surface area contributed by atoms with Crippen LogP contribution in [0.1, 0.15) is 32.1 Å². The second kappa shape index (κ2) is 3.81. The van der Waals surface area contributed by atoms with E-state index >= 15 is 0 Å². The molecule has 13 heavy (non-hydrogen) atoms. The molecule has 0 aromatic rings. The smallest absolute Gasteiger partial charge is 0.0609 e. The molecule has 0 heterocycles. The minimum absolute atomic E-state index is 0.0648. The third-order valence-electron chi connectivity index (χ3n) is 3.20. The van der Waals surface area contributed by atoms with Gasteiger partial charge in [-0.2, -0.15) is 0 Å². The maximum atomic E-state index is 8.93. The SMILES string of the molecule is OC1CC=CC1.OC1C[C@@H]2C[C@@H]2C1. The lowest BCUT2D eigenvalue weighted by Gasteiger charge is -1.98. The van der Waals surface area contributed by atoms with Gasteiger partial charge in [-0.25, -0.2) is 0 Å². The van der Waals surface area contributed by atoms with Crippen molar-refractivity contribution in [2.24, 2.45) is 11.8 Å². The van der Waals surface area contributed by atoms with Gasteiger partial charge in [0.1, 0.15) is 0 Å². The third-order valence-corrected chi connectivity index (χ3v) is 3.20. The molecule has 3 atom stereocenters. The minimum Gasteiger partial charge on any atom is -0.393 e. The summed E-state index contributed by atoms with van der Waals surface area (Å²) in [5.41, 5.74) is 0. The average Bonchev–Trinajstić information content (AvgIpc) is 2.52. The van der Waals surface area contributed by atoms with E-state index in [1.807, 2.05) is 12.2 Å². The van der Waals surface area contributed by atoms with Crippen LogP contribution in [0.4, 0.5) is 0 Å². The van der Waals surface area contributed by atoms with E-state index in [4.69, 9.17) is 10.2 Å². The van der Waals surface area contributed by atoms with Gasteiger partial charge < -0.3 is 10.2 Å². The lowest BCUT2D eigenvalue weighted by atomic mass is 10.2. The van der Waals surface area contributed by atoms with Crippen LogP contribution in [0.5, 0.6) is 0 Å². The molecule has 0 saturated heterocycles. The number of hydrogen-bond donors (Lipinski definition) is 2. The molecular formula is C11H18O2. The Morgan fingerprint density at radius 1 is 0.769 bits per heavy atom. The first-order chi connectivity index (χ1) is 6.25. The topological polar surface area (TPSA) is 40.5 Å². The van der Waals surface area contributed by atoms with E-state index in [9.17, 15) is 0 Å². The zero-order chi connectivity index (χ0) is 9.26. The molecule has 3 aliphatic rings. The van der Waals surface area contributed by atoms with Crippen molar-refractivity contribution in [2.45, 2.75) is 44.3 Å². The van der Waals surface area contributed by atoms with Gasteiger partial charge in [0.25, 0.3) is 0 Å². The maximum Gasteiger partial charge on any atom is 0.0609 e. The largest absolute Gasteiger partial charge is 0.393 e. The van der Waals surface area contributed by atoms with Crippen molar-refractivity contribution >= 4 is 0 Å². The first-order valence-electron chi connectivity index (χ1n) is 5.27. The van der Waals surface area contributed by atoms with Crippen molar-refractivity contribution in [2.75, 3.05) is 0 Å². The predicted molar refractivity (Wildman–Crippen MR) is 51.2 cm³/mol. The van der Waals surface area contributed by atoms with Gasteiger partial charge >= 0.3 is 0 Å². The molecule has 2 nitrogen and oxygen atoms in total. The van der Waals surface area contributed by atoms with Crippen LogP contribution < -0.4 is 0 Å². The van der Waals surface area contributed by atoms with Crippen LogP contribution in [0.15, 0.2) is 12.2 Å². The highest BCUT2D eigenvalue weighted by atomic mass is 16.3. The molecule has 0 aromatic heterocycles. The quantitative estimate of drug-likeness (QED) is 0.557. The molecule has 0 aromatic carbocycles. The molecule has 2 saturated carbocycles. The number of fused-ring (bicyclic) bond motifs is 1. The first-order valence-corrected chi connectivity index (χ1v) is 5.27. The molecule has 0 spiro atoms. The summed E-state index contributed by atoms with van der Waals surface area (Å²) >= 11 is 0. The van der Waals surface area contributed by atoms with Crippen molar-refractivity contribution in [1.29, 1.82) is 0 Å². The Bertz CT molecular complexity index is 182. The normalized spacial score (nSPS) is 41.2. The highest BCUT2D eigenvalue weighted by molar-refractivity contribution is 4.95. The molecule has 0 bridgehead atoms. The third kappa shape index (κ3) is 2.55. The molecule has 0 amide bonds. The van der Waals surface area contributed by atoms with Gasteiger partial charge in [0.05, 0.1) is 12.2 Å². The standard InChI is InChI=1S/C6H10O.C5H8O/c7-6-2-4-1-5(4)3-6;6-5-3-1-2-4-5/h4-7H,1-3H2;1-2,5-6H,3-4H2/t4-,5+,6?;. The number of aliphatic hydroxyl groups is 2. The zero-order valence-corrected chi connectivity index (χ0v) is 7.89. The van der Waals surface area contributed by atoms with Gasteiger partial charge in [0, 0.05) is 0 Å². The van der Waals surface area contributed by atoms with E-state index in [1.165, 1.54) is 6.42 Å². The summed E-state index contributed by atoms with van der Waals surface area (Å²) in [5, 5.41) is 17.6. The fourth-order valence-electron chi connectivity index (χ4n) is 2.29. The van der Waals surface area contributed by atoms with E-state index in [0.717, 1.165) is 37.5 Å². The van der Waals surface area contributed by atoms with Crippen molar-refractivity contribution in [3.63, 3.8) is 0 Å². The zero-order valence-electron chi connectivity index (χ0n) is 7.89. The van der Waals surface area contributed by atoms with Crippen LogP contribution in [-0.4, -0.2) is 22.4 Å². The van der Waals surface area contributed by atoms with Crippen molar-refractivity contribution in [1.82, 2.24) is 0 Å². The molecular weight excluding hydrogens is 164 g/mol. The van der Waals surface area contributed by atoms with Crippen molar-refractivity contribution in [3.8, 4) is 0 Å². The lowest BCUT2D eigenvalue weighted by molar-refractivity contribution is 0.168. The Morgan fingerprint density at radius 2 is 1.31 bits per heavy atom. The summed E-state index contributed by atoms with van der Waals surface area (Å²) in [7, 11) is 0. The minimum atomic E-state index is -0.0648. The molecule has 3 rings (SSSR count). The van der Waals surface area contributed by atoms with E-state index in [1.54, 1.807) is 0 Å². The second-order valence-corrected chi connectivity index (χ2v) is 4.48. The predicted octanol–water partition coefficient (Wildman–Crippen LogP) is 1.47. The first kappa shape index (κ1) is 9.22. The van der Waals surface area contributed by atoms with Crippen molar-refractivity contribution in [3.05, 3.63) is 12.2 Å². The van der Waals surface area contributed by atoms with Crippen LogP contribution in [0.3, 0.4) is 0 Å². The van der Waals surface area contributed by atoms with Crippen LogP contribution in [0, 0.1) is 11.8 Å². The number of rotatable bonds is 0. The molecule has 3 aliphatic carbocycles. The highest BCUT2D eigenvalue weighted by Gasteiger charge is 2.44. The summed E-state index contributed by atoms with van der Waals surface area (Å²) in [4.78, 5) is 0. The van der Waals surface area contributed by atoms with Crippen LogP contribution in [0.25, 0.3) is 0 Å². The van der Waals surface area contributed by atoms with Gasteiger partial charge in [0.2, 0.25) is 0 Å². The van der Waals surface area contributed by atoms with Gasteiger partial charge in [-0.3, -0.25) is 0 Å². The summed E-state index contributed by atoms with van der Waals surface area (Å²) in [6.07, 6.45) is 9.36. The van der Waals surface area contributed by atoms with Crippen LogP contribution in [-0.2, 0) is 0 Å². The van der Waals surface area contributed by atoms with Gasteiger partial charge in [0.15, 0.2) is 0 Å². The summed E-state index contributed by atoms with van der Waals surface area (Å²) in [6.45, 7) is 0. The average molecular weight is 182 g/mol. The fraction of sp³-hybridized carbons (Fsp3) is 0.818. The molecule has 2 fully saturated rings. The lowest BCUT2D eigenvalue weighted by Crippen LogP contribution is -2.00. The fourth-order valence-corrected chi connectivity index (χ4v) is 2.29. The van der Waals surface area contributed by atoms with E-state index < -0.39 is 0 Å². The Kier molecular flexibility index (Phi) is 2.70. The monoisotopic (exact) mass is 182 g/mol. The van der Waals surface area contributed by atoms with E-state index in [2.05, 4.69) is 0 Å². The molecule has 2 heteroatoms. The summed E-state index contributed by atoms with van der Waals surface area (Å²) in [5.74, 6) is 1.88. The van der Waals surface area contributed by atoms with Crippen molar-refractivity contribution < 1.29 is 10.2 Å². The molecule has 1 unspecified atom stereocenters. The second-order valence-electron chi connectivity index (χ2n) is 4.48. The molecule has 0 radical (unpaired) electrons. The van der Waals surface area contributed by atoms with E-state index in [-0.39, 0.29) is 12.2 Å². The number of hydrogen-bond acceptors (Lipinski definition) is 2. The summed E-state index contributed by atoms with van der Waals surface area (Å²) in [6, 6.07) is 0. The van der Waals surface area contributed by atoms with Gasteiger partial charge in [-0.15, -0.1) is 0 Å². The number of aliphatic hydroxyl groups excluding tert-OH is 2. The van der Waals surface area contributed by atoms with Gasteiger partial charge in [-0.05, 0) is 43.9 Å². The molecule has 74 valence electrons. The van der Waals surface area contributed by atoms with E-state index in [0.29, 0.717) is 0 Å². The Labute approximate surface area is 79.3 Å². The Morgan fingerprint density at radius 3 is 1.54 bits per heavy atom. The summed E-state index contributed by atoms with van der Waals surface area (Å²) < 4.78 is 0.